The lowest BCUT2D eigenvalue weighted by molar-refractivity contribution is 0.580. The Morgan fingerprint density at radius 3 is 2.06 bits per heavy atom. The smallest absolute Gasteiger partial charge is 0.228 e. The van der Waals surface area contributed by atoms with Gasteiger partial charge in [0.25, 0.3) is 0 Å². The van der Waals surface area contributed by atoms with E-state index in [0.717, 1.165) is 6.07 Å². The van der Waals surface area contributed by atoms with Crippen molar-refractivity contribution in [3.8, 4) is 0 Å². The average Bonchev–Trinajstić information content (AvgIpc) is 2.23. The number of hydrogen-bond donors (Lipinski definition) is 1. The van der Waals surface area contributed by atoms with Crippen molar-refractivity contribution < 1.29 is 8.78 Å². The largest absolute Gasteiger partial charge is 0.350 e. The summed E-state index contributed by atoms with van der Waals surface area (Å²) in [6, 6.07) is 3.18. The van der Waals surface area contributed by atoms with Crippen molar-refractivity contribution >= 4 is 29.2 Å². The molecule has 0 saturated heterocycles. The van der Waals surface area contributed by atoms with Gasteiger partial charge in [-0.2, -0.15) is 15.0 Å². The number of nitrogens with zero attached hydrogens (tertiary/aromatic N) is 3. The maximum Gasteiger partial charge on any atom is 0.228 e. The standard InChI is InChI=1S/C10H6Cl2F2N4/c11-8-16-9(12)18-10(17-8)15-4-5-1-6(13)3-7(14)2-5/h1-3H,4H2,(H,15,16,17,18). The number of rotatable bonds is 3. The Morgan fingerprint density at radius 2 is 1.50 bits per heavy atom. The van der Waals surface area contributed by atoms with Gasteiger partial charge in [0, 0.05) is 12.6 Å². The Balaban J connectivity index is 2.11. The van der Waals surface area contributed by atoms with Crippen molar-refractivity contribution in [1.82, 2.24) is 15.0 Å². The highest BCUT2D eigenvalue weighted by molar-refractivity contribution is 6.31. The molecule has 4 nitrogen and oxygen atoms in total. The molecule has 0 atom stereocenters. The van der Waals surface area contributed by atoms with Crippen LogP contribution in [-0.4, -0.2) is 15.0 Å². The fourth-order valence-corrected chi connectivity index (χ4v) is 1.66. The molecule has 18 heavy (non-hydrogen) atoms. The molecule has 0 spiro atoms. The lowest BCUT2D eigenvalue weighted by Gasteiger charge is -2.05. The van der Waals surface area contributed by atoms with Crippen LogP contribution in [0.15, 0.2) is 18.2 Å². The van der Waals surface area contributed by atoms with Crippen LogP contribution >= 0.6 is 23.2 Å². The van der Waals surface area contributed by atoms with Gasteiger partial charge in [-0.25, -0.2) is 8.78 Å². The van der Waals surface area contributed by atoms with Crippen molar-refractivity contribution in [3.63, 3.8) is 0 Å². The molecule has 94 valence electrons. The predicted molar refractivity (Wildman–Crippen MR) is 63.5 cm³/mol. The first-order chi connectivity index (χ1) is 8.52. The molecule has 0 aliphatic heterocycles. The molecule has 0 radical (unpaired) electrons. The van der Waals surface area contributed by atoms with Gasteiger partial charge in [-0.05, 0) is 40.9 Å². The van der Waals surface area contributed by atoms with Gasteiger partial charge in [-0.15, -0.1) is 0 Å². The summed E-state index contributed by atoms with van der Waals surface area (Å²) in [5.41, 5.74) is 0.403. The normalized spacial score (nSPS) is 10.4. The van der Waals surface area contributed by atoms with E-state index in [1.807, 2.05) is 0 Å². The molecule has 2 aromatic rings. The van der Waals surface area contributed by atoms with Gasteiger partial charge in [0.05, 0.1) is 0 Å². The maximum absolute atomic E-state index is 12.9. The number of anilines is 1. The first-order valence-electron chi connectivity index (χ1n) is 4.79. The first-order valence-corrected chi connectivity index (χ1v) is 5.54. The van der Waals surface area contributed by atoms with Gasteiger partial charge in [0.1, 0.15) is 11.6 Å². The molecule has 0 fully saturated rings. The Labute approximate surface area is 111 Å². The Hall–Kier alpha value is -1.53. The van der Waals surface area contributed by atoms with E-state index in [1.54, 1.807) is 0 Å². The lowest BCUT2D eigenvalue weighted by atomic mass is 10.2. The summed E-state index contributed by atoms with van der Waals surface area (Å²) in [7, 11) is 0. The zero-order valence-corrected chi connectivity index (χ0v) is 10.3. The second-order valence-corrected chi connectivity index (χ2v) is 4.00. The Kier molecular flexibility index (Phi) is 3.88. The van der Waals surface area contributed by atoms with Crippen LogP contribution in [0.2, 0.25) is 10.6 Å². The van der Waals surface area contributed by atoms with E-state index in [1.165, 1.54) is 12.1 Å². The van der Waals surface area contributed by atoms with Gasteiger partial charge in [-0.3, -0.25) is 0 Å². The summed E-state index contributed by atoms with van der Waals surface area (Å²) in [6.45, 7) is 0.130. The number of halogens is 4. The van der Waals surface area contributed by atoms with E-state index in [0.29, 0.717) is 5.56 Å². The minimum atomic E-state index is -0.654. The molecule has 0 saturated carbocycles. The molecule has 8 heteroatoms. The van der Waals surface area contributed by atoms with Crippen molar-refractivity contribution in [2.24, 2.45) is 0 Å². The van der Waals surface area contributed by atoms with Crippen molar-refractivity contribution in [2.45, 2.75) is 6.54 Å². The Bertz CT molecular complexity index is 488. The van der Waals surface area contributed by atoms with Crippen LogP contribution in [0.3, 0.4) is 0 Å². The van der Waals surface area contributed by atoms with Crippen molar-refractivity contribution in [2.75, 3.05) is 5.32 Å². The lowest BCUT2D eigenvalue weighted by Crippen LogP contribution is -2.05. The molecular weight excluding hydrogens is 285 g/mol. The second kappa shape index (κ2) is 5.41. The van der Waals surface area contributed by atoms with E-state index in [4.69, 9.17) is 23.2 Å². The Morgan fingerprint density at radius 1 is 0.944 bits per heavy atom. The maximum atomic E-state index is 12.9. The molecule has 2 rings (SSSR count). The van der Waals surface area contributed by atoms with Crippen LogP contribution in [0.25, 0.3) is 0 Å². The van der Waals surface area contributed by atoms with E-state index in [9.17, 15) is 8.78 Å². The average molecular weight is 291 g/mol. The van der Waals surface area contributed by atoms with E-state index in [2.05, 4.69) is 20.3 Å². The van der Waals surface area contributed by atoms with Gasteiger partial charge in [0.15, 0.2) is 0 Å². The summed E-state index contributed by atoms with van der Waals surface area (Å²) < 4.78 is 25.9. The molecular formula is C10H6Cl2F2N4. The summed E-state index contributed by atoms with van der Waals surface area (Å²) in [5.74, 6) is -1.18. The molecule has 1 N–H and O–H groups in total. The van der Waals surface area contributed by atoms with Crippen LogP contribution in [0.4, 0.5) is 14.7 Å². The molecule has 0 aliphatic rings. The second-order valence-electron chi connectivity index (χ2n) is 3.33. The van der Waals surface area contributed by atoms with Crippen LogP contribution in [0, 0.1) is 11.6 Å². The molecule has 0 bridgehead atoms. The third kappa shape index (κ3) is 3.48. The van der Waals surface area contributed by atoms with Crippen molar-refractivity contribution in [1.29, 1.82) is 0 Å². The molecule has 1 aromatic carbocycles. The zero-order valence-electron chi connectivity index (χ0n) is 8.79. The van der Waals surface area contributed by atoms with Crippen LogP contribution in [0.5, 0.6) is 0 Å². The fraction of sp³-hybridized carbons (Fsp3) is 0.100. The summed E-state index contributed by atoms with van der Waals surface area (Å²) >= 11 is 11.2. The summed E-state index contributed by atoms with van der Waals surface area (Å²) in [6.07, 6.45) is 0. The molecule has 1 heterocycles. The summed E-state index contributed by atoms with van der Waals surface area (Å²) in [4.78, 5) is 11.1. The fourth-order valence-electron chi connectivity index (χ4n) is 1.30. The summed E-state index contributed by atoms with van der Waals surface area (Å²) in [5, 5.41) is 2.60. The highest BCUT2D eigenvalue weighted by atomic mass is 35.5. The van der Waals surface area contributed by atoms with Gasteiger partial charge in [-0.1, -0.05) is 0 Å². The van der Waals surface area contributed by atoms with Crippen LogP contribution in [-0.2, 0) is 6.54 Å². The predicted octanol–water partition coefficient (Wildman–Crippen LogP) is 3.07. The van der Waals surface area contributed by atoms with E-state index >= 15 is 0 Å². The van der Waals surface area contributed by atoms with E-state index < -0.39 is 11.6 Å². The molecule has 1 aromatic heterocycles. The van der Waals surface area contributed by atoms with E-state index in [-0.39, 0.29) is 23.1 Å². The molecule has 0 unspecified atom stereocenters. The number of aromatic nitrogens is 3. The minimum Gasteiger partial charge on any atom is -0.350 e. The molecule has 0 amide bonds. The third-order valence-electron chi connectivity index (χ3n) is 1.95. The van der Waals surface area contributed by atoms with Crippen molar-refractivity contribution in [3.05, 3.63) is 46.0 Å². The molecule has 0 aliphatic carbocycles. The number of hydrogen-bond acceptors (Lipinski definition) is 4. The third-order valence-corrected chi connectivity index (χ3v) is 2.29. The highest BCUT2D eigenvalue weighted by Gasteiger charge is 2.04. The van der Waals surface area contributed by atoms with Crippen LogP contribution < -0.4 is 5.32 Å². The monoisotopic (exact) mass is 290 g/mol. The number of nitrogens with one attached hydrogen (secondary N) is 1. The van der Waals surface area contributed by atoms with Gasteiger partial charge >= 0.3 is 0 Å². The highest BCUT2D eigenvalue weighted by Crippen LogP contribution is 2.12. The number of benzene rings is 1. The topological polar surface area (TPSA) is 50.7 Å². The zero-order chi connectivity index (χ0) is 13.1. The van der Waals surface area contributed by atoms with Crippen LogP contribution in [0.1, 0.15) is 5.56 Å². The van der Waals surface area contributed by atoms with Gasteiger partial charge in [0.2, 0.25) is 16.5 Å². The quantitative estimate of drug-likeness (QED) is 0.944. The van der Waals surface area contributed by atoms with Gasteiger partial charge < -0.3 is 5.32 Å². The SMILES string of the molecule is Fc1cc(F)cc(CNc2nc(Cl)nc(Cl)n2)c1. The minimum absolute atomic E-state index is 0.0667. The first kappa shape index (κ1) is 12.9.